The monoisotopic (exact) mass is 338 g/mol. The maximum atomic E-state index is 13.2. The Morgan fingerprint density at radius 2 is 1.84 bits per heavy atom. The zero-order valence-corrected chi connectivity index (χ0v) is 13.9. The van der Waals surface area contributed by atoms with Crippen molar-refractivity contribution in [1.29, 1.82) is 0 Å². The lowest BCUT2D eigenvalue weighted by molar-refractivity contribution is -0.140. The van der Waals surface area contributed by atoms with Crippen LogP contribution in [0.15, 0.2) is 60.2 Å². The van der Waals surface area contributed by atoms with E-state index in [4.69, 9.17) is 0 Å². The van der Waals surface area contributed by atoms with E-state index in [1.807, 2.05) is 30.3 Å². The number of halogens is 1. The molecule has 0 radical (unpaired) electrons. The minimum Gasteiger partial charge on any atom is -0.352 e. The second-order valence-corrected chi connectivity index (χ2v) is 5.98. The lowest BCUT2D eigenvalue weighted by atomic mass is 10.0. The van der Waals surface area contributed by atoms with E-state index in [0.29, 0.717) is 24.2 Å². The van der Waals surface area contributed by atoms with Crippen molar-refractivity contribution >= 4 is 17.9 Å². The van der Waals surface area contributed by atoms with Crippen molar-refractivity contribution in [2.45, 2.75) is 13.0 Å². The molecular weight excluding hydrogens is 319 g/mol. The Kier molecular flexibility index (Phi) is 4.93. The number of carbonyl (C=O) groups is 2. The van der Waals surface area contributed by atoms with Crippen LogP contribution in [0.3, 0.4) is 0 Å². The molecule has 4 nitrogen and oxygen atoms in total. The fraction of sp³-hybridized carbons (Fsp3) is 0.200. The predicted molar refractivity (Wildman–Crippen MR) is 94.0 cm³/mol. The van der Waals surface area contributed by atoms with Crippen LogP contribution in [0.1, 0.15) is 24.1 Å². The molecule has 1 saturated heterocycles. The zero-order valence-electron chi connectivity index (χ0n) is 13.9. The van der Waals surface area contributed by atoms with Gasteiger partial charge in [0.05, 0.1) is 0 Å². The second-order valence-electron chi connectivity index (χ2n) is 5.98. The van der Waals surface area contributed by atoms with Crippen LogP contribution in [-0.4, -0.2) is 29.8 Å². The molecule has 1 heterocycles. The number of amides is 2. The van der Waals surface area contributed by atoms with E-state index in [-0.39, 0.29) is 17.6 Å². The molecule has 0 spiro atoms. The first-order valence-corrected chi connectivity index (χ1v) is 8.14. The summed E-state index contributed by atoms with van der Waals surface area (Å²) in [6, 6.07) is 14.5. The van der Waals surface area contributed by atoms with Crippen LogP contribution in [0.2, 0.25) is 0 Å². The van der Waals surface area contributed by atoms with E-state index in [0.717, 1.165) is 5.56 Å². The topological polar surface area (TPSA) is 49.4 Å². The van der Waals surface area contributed by atoms with Crippen molar-refractivity contribution in [3.8, 4) is 0 Å². The van der Waals surface area contributed by atoms with Gasteiger partial charge in [-0.3, -0.25) is 9.59 Å². The van der Waals surface area contributed by atoms with Crippen molar-refractivity contribution in [1.82, 2.24) is 10.2 Å². The van der Waals surface area contributed by atoms with Crippen LogP contribution >= 0.6 is 0 Å². The highest BCUT2D eigenvalue weighted by Gasteiger charge is 2.34. The van der Waals surface area contributed by atoms with Gasteiger partial charge in [0.2, 0.25) is 5.91 Å². The van der Waals surface area contributed by atoms with Crippen molar-refractivity contribution in [3.63, 3.8) is 0 Å². The zero-order chi connectivity index (χ0) is 17.8. The Balaban J connectivity index is 1.89. The highest BCUT2D eigenvalue weighted by atomic mass is 19.1. The van der Waals surface area contributed by atoms with Crippen LogP contribution in [0, 0.1) is 5.82 Å². The van der Waals surface area contributed by atoms with Crippen molar-refractivity contribution in [2.24, 2.45) is 0 Å². The number of hydrogen-bond acceptors (Lipinski definition) is 2. The summed E-state index contributed by atoms with van der Waals surface area (Å²) < 4.78 is 13.2. The van der Waals surface area contributed by atoms with E-state index in [2.05, 4.69) is 5.32 Å². The summed E-state index contributed by atoms with van der Waals surface area (Å²) in [5, 5.41) is 2.77. The van der Waals surface area contributed by atoms with Gasteiger partial charge in [-0.2, -0.15) is 0 Å². The average Bonchev–Trinajstić information content (AvgIpc) is 2.62. The smallest absolute Gasteiger partial charge is 0.250 e. The quantitative estimate of drug-likeness (QED) is 0.875. The lowest BCUT2D eigenvalue weighted by Crippen LogP contribution is -2.52. The maximum absolute atomic E-state index is 13.2. The van der Waals surface area contributed by atoms with Gasteiger partial charge >= 0.3 is 0 Å². The first-order chi connectivity index (χ1) is 12.1. The van der Waals surface area contributed by atoms with E-state index >= 15 is 0 Å². The average molecular weight is 338 g/mol. The third-order valence-electron chi connectivity index (χ3n) is 4.18. The van der Waals surface area contributed by atoms with Crippen molar-refractivity contribution < 1.29 is 14.0 Å². The van der Waals surface area contributed by atoms with Crippen LogP contribution in [0.5, 0.6) is 0 Å². The van der Waals surface area contributed by atoms with Gasteiger partial charge in [-0.1, -0.05) is 42.5 Å². The molecule has 128 valence electrons. The largest absolute Gasteiger partial charge is 0.352 e. The molecule has 0 aromatic heterocycles. The highest BCUT2D eigenvalue weighted by molar-refractivity contribution is 6.00. The summed E-state index contributed by atoms with van der Waals surface area (Å²) in [4.78, 5) is 26.8. The molecule has 2 aromatic carbocycles. The van der Waals surface area contributed by atoms with E-state index < -0.39 is 6.04 Å². The number of nitrogens with one attached hydrogen (secondary N) is 1. The second kappa shape index (κ2) is 7.30. The number of rotatable bonds is 3. The molecule has 1 atom stereocenters. The minimum atomic E-state index is -0.749. The maximum Gasteiger partial charge on any atom is 0.250 e. The molecule has 3 rings (SSSR count). The molecule has 0 bridgehead atoms. The first kappa shape index (κ1) is 16.9. The van der Waals surface area contributed by atoms with Gasteiger partial charge in [0.1, 0.15) is 11.9 Å². The molecule has 1 fully saturated rings. The van der Waals surface area contributed by atoms with Gasteiger partial charge in [0.15, 0.2) is 0 Å². The van der Waals surface area contributed by atoms with Crippen molar-refractivity contribution in [3.05, 3.63) is 77.1 Å². The predicted octanol–water partition coefficient (Wildman–Crippen LogP) is 2.93. The number of hydrogen-bond donors (Lipinski definition) is 1. The third kappa shape index (κ3) is 3.76. The lowest BCUT2D eigenvalue weighted by Gasteiger charge is -2.35. The molecule has 1 unspecified atom stereocenters. The molecule has 2 amide bonds. The molecule has 1 N–H and O–H groups in total. The van der Waals surface area contributed by atoms with Gasteiger partial charge in [0, 0.05) is 18.7 Å². The number of benzene rings is 2. The van der Waals surface area contributed by atoms with Gasteiger partial charge in [-0.15, -0.1) is 0 Å². The van der Waals surface area contributed by atoms with Crippen LogP contribution in [-0.2, 0) is 9.59 Å². The minimum absolute atomic E-state index is 0.201. The molecular formula is C20H19FN2O2. The standard InChI is InChI=1S/C20H19FN2O2/c1-14(13-15-5-3-2-4-6-15)20(25)23-12-11-22-19(24)18(23)16-7-9-17(21)10-8-16/h2-10,13,18H,11-12H2,1H3,(H,22,24)/b14-13+. The molecule has 5 heteroatoms. The highest BCUT2D eigenvalue weighted by Crippen LogP contribution is 2.25. The van der Waals surface area contributed by atoms with Gasteiger partial charge in [-0.05, 0) is 36.3 Å². The molecule has 25 heavy (non-hydrogen) atoms. The summed E-state index contributed by atoms with van der Waals surface area (Å²) >= 11 is 0. The van der Waals surface area contributed by atoms with Crippen LogP contribution in [0.4, 0.5) is 4.39 Å². The Hall–Kier alpha value is -2.95. The Labute approximate surface area is 146 Å². The normalized spacial score (nSPS) is 18.0. The summed E-state index contributed by atoms with van der Waals surface area (Å²) in [6.07, 6.45) is 1.80. The third-order valence-corrected chi connectivity index (χ3v) is 4.18. The van der Waals surface area contributed by atoms with E-state index in [1.165, 1.54) is 12.1 Å². The summed E-state index contributed by atoms with van der Waals surface area (Å²) in [5.74, 6) is -0.829. The molecule has 2 aromatic rings. The van der Waals surface area contributed by atoms with Gasteiger partial charge in [0.25, 0.3) is 5.91 Å². The fourth-order valence-corrected chi connectivity index (χ4v) is 2.95. The summed E-state index contributed by atoms with van der Waals surface area (Å²) in [5.41, 5.74) is 2.07. The molecule has 1 aliphatic heterocycles. The van der Waals surface area contributed by atoms with Crippen LogP contribution < -0.4 is 5.32 Å². The number of piperazine rings is 1. The number of nitrogens with zero attached hydrogens (tertiary/aromatic N) is 1. The van der Waals surface area contributed by atoms with E-state index in [9.17, 15) is 14.0 Å². The Morgan fingerprint density at radius 3 is 2.52 bits per heavy atom. The van der Waals surface area contributed by atoms with Gasteiger partial charge in [-0.25, -0.2) is 4.39 Å². The Morgan fingerprint density at radius 1 is 1.16 bits per heavy atom. The fourth-order valence-electron chi connectivity index (χ4n) is 2.95. The SMILES string of the molecule is C/C(=C\c1ccccc1)C(=O)N1CCNC(=O)C1c1ccc(F)cc1. The van der Waals surface area contributed by atoms with Crippen molar-refractivity contribution in [2.75, 3.05) is 13.1 Å². The van der Waals surface area contributed by atoms with E-state index in [1.54, 1.807) is 30.0 Å². The first-order valence-electron chi connectivity index (χ1n) is 8.14. The molecule has 0 aliphatic carbocycles. The van der Waals surface area contributed by atoms with Gasteiger partial charge < -0.3 is 10.2 Å². The summed E-state index contributed by atoms with van der Waals surface area (Å²) in [7, 11) is 0. The number of carbonyl (C=O) groups excluding carboxylic acids is 2. The summed E-state index contributed by atoms with van der Waals surface area (Å²) in [6.45, 7) is 2.55. The molecule has 1 aliphatic rings. The molecule has 0 saturated carbocycles. The Bertz CT molecular complexity index is 800. The van der Waals surface area contributed by atoms with Crippen LogP contribution in [0.25, 0.3) is 6.08 Å².